The van der Waals surface area contributed by atoms with Crippen LogP contribution in [0.4, 0.5) is 0 Å². The molecule has 1 aliphatic heterocycles. The monoisotopic (exact) mass is 442 g/mol. The smallest absolute Gasteiger partial charge is 0.252 e. The standard InChI is InChI=1S/C25H19ClN4O2/c1-16-20(24(26)30(29-16)17-9-3-2-4-10-17)15-27-28-25(31)23-18-11-5-7-13-21(18)32-22-14-8-6-12-19(22)23/h2-15,23H,1H3,(H,28,31). The molecule has 0 fully saturated rings. The molecule has 6 nitrogen and oxygen atoms in total. The van der Waals surface area contributed by atoms with Gasteiger partial charge in [-0.05, 0) is 31.2 Å². The number of nitrogens with one attached hydrogen (secondary N) is 1. The Balaban J connectivity index is 1.41. The van der Waals surface area contributed by atoms with Crippen LogP contribution in [-0.4, -0.2) is 21.9 Å². The van der Waals surface area contributed by atoms with E-state index in [1.165, 1.54) is 6.21 Å². The third kappa shape index (κ3) is 3.55. The number of aromatic nitrogens is 2. The first-order valence-electron chi connectivity index (χ1n) is 10.1. The number of benzene rings is 3. The third-order valence-corrected chi connectivity index (χ3v) is 5.72. The van der Waals surface area contributed by atoms with E-state index in [0.29, 0.717) is 27.9 Å². The summed E-state index contributed by atoms with van der Waals surface area (Å²) in [6, 6.07) is 24.6. The maximum absolute atomic E-state index is 13.2. The zero-order chi connectivity index (χ0) is 22.1. The quantitative estimate of drug-likeness (QED) is 0.348. The molecule has 32 heavy (non-hydrogen) atoms. The summed E-state index contributed by atoms with van der Waals surface area (Å²) in [5.41, 5.74) is 6.45. The van der Waals surface area contributed by atoms with Gasteiger partial charge in [-0.25, -0.2) is 10.1 Å². The molecular weight excluding hydrogens is 424 g/mol. The van der Waals surface area contributed by atoms with Gasteiger partial charge in [0.25, 0.3) is 5.91 Å². The Bertz CT molecular complexity index is 1290. The van der Waals surface area contributed by atoms with Gasteiger partial charge in [0, 0.05) is 11.1 Å². The summed E-state index contributed by atoms with van der Waals surface area (Å²) in [7, 11) is 0. The molecule has 0 aliphatic carbocycles. The minimum Gasteiger partial charge on any atom is -0.457 e. The molecule has 0 unspecified atom stereocenters. The van der Waals surface area contributed by atoms with E-state index in [0.717, 1.165) is 16.8 Å². The SMILES string of the molecule is Cc1nn(-c2ccccc2)c(Cl)c1C=NNC(=O)C1c2ccccc2Oc2ccccc21. The van der Waals surface area contributed by atoms with Crippen molar-refractivity contribution >= 4 is 23.7 Å². The van der Waals surface area contributed by atoms with E-state index >= 15 is 0 Å². The highest BCUT2D eigenvalue weighted by molar-refractivity contribution is 6.32. The van der Waals surface area contributed by atoms with E-state index in [1.54, 1.807) is 4.68 Å². The molecule has 4 aromatic rings. The fraction of sp³-hybridized carbons (Fsp3) is 0.0800. The molecule has 0 bridgehead atoms. The zero-order valence-electron chi connectivity index (χ0n) is 17.2. The van der Waals surface area contributed by atoms with Gasteiger partial charge < -0.3 is 4.74 Å². The zero-order valence-corrected chi connectivity index (χ0v) is 18.0. The molecule has 1 N–H and O–H groups in total. The summed E-state index contributed by atoms with van der Waals surface area (Å²) in [4.78, 5) is 13.2. The molecule has 0 saturated heterocycles. The number of nitrogens with zero attached hydrogens (tertiary/aromatic N) is 3. The first-order chi connectivity index (χ1) is 15.6. The lowest BCUT2D eigenvalue weighted by molar-refractivity contribution is -0.121. The molecular formula is C25H19ClN4O2. The molecule has 1 aromatic heterocycles. The molecule has 7 heteroatoms. The molecule has 0 radical (unpaired) electrons. The van der Waals surface area contributed by atoms with Gasteiger partial charge in [-0.15, -0.1) is 0 Å². The molecule has 158 valence electrons. The summed E-state index contributed by atoms with van der Waals surface area (Å²) >= 11 is 6.54. The second-order valence-corrected chi connectivity index (χ2v) is 7.74. The number of amides is 1. The highest BCUT2D eigenvalue weighted by atomic mass is 35.5. The van der Waals surface area contributed by atoms with Gasteiger partial charge in [-0.2, -0.15) is 10.2 Å². The molecule has 1 aliphatic rings. The Morgan fingerprint density at radius 1 is 1.00 bits per heavy atom. The van der Waals surface area contributed by atoms with Crippen LogP contribution < -0.4 is 10.2 Å². The van der Waals surface area contributed by atoms with Crippen molar-refractivity contribution in [2.75, 3.05) is 0 Å². The Kier molecular flexibility index (Phi) is 5.21. The van der Waals surface area contributed by atoms with E-state index in [2.05, 4.69) is 15.6 Å². The number of aryl methyl sites for hydroxylation is 1. The molecule has 5 rings (SSSR count). The van der Waals surface area contributed by atoms with Gasteiger partial charge in [-0.1, -0.05) is 66.2 Å². The van der Waals surface area contributed by atoms with E-state index in [-0.39, 0.29) is 5.91 Å². The predicted octanol–water partition coefficient (Wildman–Crippen LogP) is 5.22. The fourth-order valence-electron chi connectivity index (χ4n) is 3.82. The highest BCUT2D eigenvalue weighted by Crippen LogP contribution is 2.43. The normalized spacial score (nSPS) is 12.8. The van der Waals surface area contributed by atoms with Crippen molar-refractivity contribution in [2.45, 2.75) is 12.8 Å². The van der Waals surface area contributed by atoms with Crippen LogP contribution in [0.5, 0.6) is 11.5 Å². The van der Waals surface area contributed by atoms with E-state index in [1.807, 2.05) is 85.8 Å². The van der Waals surface area contributed by atoms with Crippen LogP contribution in [0.1, 0.15) is 28.3 Å². The predicted molar refractivity (Wildman–Crippen MR) is 124 cm³/mol. The first-order valence-corrected chi connectivity index (χ1v) is 10.5. The van der Waals surface area contributed by atoms with Crippen LogP contribution in [0.3, 0.4) is 0 Å². The number of halogens is 1. The van der Waals surface area contributed by atoms with Crippen LogP contribution in [0.25, 0.3) is 5.69 Å². The Morgan fingerprint density at radius 2 is 1.59 bits per heavy atom. The van der Waals surface area contributed by atoms with Crippen molar-refractivity contribution < 1.29 is 9.53 Å². The fourth-order valence-corrected chi connectivity index (χ4v) is 4.14. The van der Waals surface area contributed by atoms with Crippen LogP contribution in [0, 0.1) is 6.92 Å². The Hall–Kier alpha value is -3.90. The van der Waals surface area contributed by atoms with Crippen molar-refractivity contribution in [3.05, 3.63) is 106 Å². The summed E-state index contributed by atoms with van der Waals surface area (Å²) in [6.07, 6.45) is 1.53. The number of hydrazone groups is 1. The van der Waals surface area contributed by atoms with Crippen molar-refractivity contribution in [2.24, 2.45) is 5.10 Å². The average molecular weight is 443 g/mol. The molecule has 2 heterocycles. The molecule has 0 saturated carbocycles. The number of hydrogen-bond donors (Lipinski definition) is 1. The Labute approximate surface area is 190 Å². The van der Waals surface area contributed by atoms with Gasteiger partial charge in [-0.3, -0.25) is 4.79 Å². The lowest BCUT2D eigenvalue weighted by Gasteiger charge is -2.26. The van der Waals surface area contributed by atoms with Gasteiger partial charge >= 0.3 is 0 Å². The summed E-state index contributed by atoms with van der Waals surface area (Å²) in [6.45, 7) is 1.85. The van der Waals surface area contributed by atoms with Gasteiger partial charge in [0.2, 0.25) is 0 Å². The van der Waals surface area contributed by atoms with Crippen LogP contribution >= 0.6 is 11.6 Å². The van der Waals surface area contributed by atoms with E-state index < -0.39 is 5.92 Å². The number of para-hydroxylation sites is 3. The molecule has 1 amide bonds. The van der Waals surface area contributed by atoms with Crippen molar-refractivity contribution in [1.29, 1.82) is 0 Å². The van der Waals surface area contributed by atoms with Gasteiger partial charge in [0.15, 0.2) is 0 Å². The highest BCUT2D eigenvalue weighted by Gasteiger charge is 2.32. The number of carbonyl (C=O) groups is 1. The number of rotatable bonds is 4. The minimum atomic E-state index is -0.531. The Morgan fingerprint density at radius 3 is 2.25 bits per heavy atom. The number of hydrogen-bond acceptors (Lipinski definition) is 4. The third-order valence-electron chi connectivity index (χ3n) is 5.36. The summed E-state index contributed by atoms with van der Waals surface area (Å²) < 4.78 is 7.60. The number of carbonyl (C=O) groups excluding carboxylic acids is 1. The largest absolute Gasteiger partial charge is 0.457 e. The lowest BCUT2D eigenvalue weighted by Crippen LogP contribution is -2.28. The maximum atomic E-state index is 13.2. The summed E-state index contributed by atoms with van der Waals surface area (Å²) in [5, 5.41) is 9.10. The number of fused-ring (bicyclic) bond motifs is 2. The second-order valence-electron chi connectivity index (χ2n) is 7.38. The van der Waals surface area contributed by atoms with Crippen LogP contribution in [0.2, 0.25) is 5.15 Å². The van der Waals surface area contributed by atoms with Gasteiger partial charge in [0.1, 0.15) is 16.7 Å². The first kappa shape index (κ1) is 20.0. The van der Waals surface area contributed by atoms with Crippen molar-refractivity contribution in [3.63, 3.8) is 0 Å². The van der Waals surface area contributed by atoms with Crippen LogP contribution in [-0.2, 0) is 4.79 Å². The molecule has 3 aromatic carbocycles. The van der Waals surface area contributed by atoms with E-state index in [9.17, 15) is 4.79 Å². The van der Waals surface area contributed by atoms with Crippen LogP contribution in [0.15, 0.2) is 84.0 Å². The maximum Gasteiger partial charge on any atom is 0.252 e. The minimum absolute atomic E-state index is 0.256. The average Bonchev–Trinajstić information content (AvgIpc) is 3.11. The summed E-state index contributed by atoms with van der Waals surface area (Å²) in [5.74, 6) is 0.544. The van der Waals surface area contributed by atoms with Gasteiger partial charge in [0.05, 0.1) is 29.1 Å². The van der Waals surface area contributed by atoms with Crippen molar-refractivity contribution in [1.82, 2.24) is 15.2 Å². The lowest BCUT2D eigenvalue weighted by atomic mass is 9.87. The molecule has 0 spiro atoms. The van der Waals surface area contributed by atoms with E-state index in [4.69, 9.17) is 16.3 Å². The van der Waals surface area contributed by atoms with Crippen molar-refractivity contribution in [3.8, 4) is 17.2 Å². The number of ether oxygens (including phenoxy) is 1. The topological polar surface area (TPSA) is 68.5 Å². The molecule has 0 atom stereocenters. The second kappa shape index (κ2) is 8.32.